The molecule has 0 radical (unpaired) electrons. The molecule has 25 heavy (non-hydrogen) atoms. The Hall–Kier alpha value is -3.24. The summed E-state index contributed by atoms with van der Waals surface area (Å²) in [5.41, 5.74) is -0.0372. The lowest BCUT2D eigenvalue weighted by Gasteiger charge is -1.95. The average Bonchev–Trinajstić information content (AvgIpc) is 2.54. The molecule has 0 fully saturated rings. The number of aliphatic carboxylic acids is 2. The molecule has 1 unspecified atom stereocenters. The van der Waals surface area contributed by atoms with Crippen molar-refractivity contribution in [2.75, 3.05) is 6.61 Å². The average molecular weight is 358 g/mol. The summed E-state index contributed by atoms with van der Waals surface area (Å²) in [7, 11) is 0. The molecule has 0 aromatic heterocycles. The summed E-state index contributed by atoms with van der Waals surface area (Å²) in [6.07, 6.45) is 0.556. The SMILES string of the molecule is CC(O)CO.O=C(O)/C=C/C(=O)O.O=C(O)c1cccc(C(=O)O)c1. The van der Waals surface area contributed by atoms with Crippen molar-refractivity contribution in [2.24, 2.45) is 0 Å². The first-order valence-electron chi connectivity index (χ1n) is 6.50. The van der Waals surface area contributed by atoms with Crippen LogP contribution in [0.4, 0.5) is 0 Å². The van der Waals surface area contributed by atoms with Crippen LogP contribution in [0.1, 0.15) is 27.6 Å². The van der Waals surface area contributed by atoms with Crippen molar-refractivity contribution in [1.29, 1.82) is 0 Å². The van der Waals surface area contributed by atoms with E-state index in [1.165, 1.54) is 25.1 Å². The number of benzene rings is 1. The van der Waals surface area contributed by atoms with Crippen molar-refractivity contribution >= 4 is 23.9 Å². The minimum Gasteiger partial charge on any atom is -0.478 e. The fourth-order valence-corrected chi connectivity index (χ4v) is 0.928. The Kier molecular flexibility index (Phi) is 12.7. The Morgan fingerprint density at radius 3 is 1.44 bits per heavy atom. The predicted octanol–water partition coefficient (Wildman–Crippen LogP) is 0.154. The van der Waals surface area contributed by atoms with Crippen LogP contribution in [0.15, 0.2) is 36.4 Å². The van der Waals surface area contributed by atoms with Gasteiger partial charge in [-0.3, -0.25) is 0 Å². The minimum atomic E-state index is -1.26. The lowest BCUT2D eigenvalue weighted by Crippen LogP contribution is -2.03. The zero-order valence-corrected chi connectivity index (χ0v) is 13.1. The number of carbonyl (C=O) groups is 4. The molecule has 0 amide bonds. The van der Waals surface area contributed by atoms with E-state index < -0.39 is 30.0 Å². The molecule has 10 nitrogen and oxygen atoms in total. The maximum absolute atomic E-state index is 10.4. The maximum atomic E-state index is 10.4. The van der Waals surface area contributed by atoms with Crippen molar-refractivity contribution in [1.82, 2.24) is 0 Å². The van der Waals surface area contributed by atoms with Crippen LogP contribution in [0.25, 0.3) is 0 Å². The van der Waals surface area contributed by atoms with Gasteiger partial charge in [0.1, 0.15) is 0 Å². The van der Waals surface area contributed by atoms with Crippen LogP contribution in [0.3, 0.4) is 0 Å². The van der Waals surface area contributed by atoms with Crippen molar-refractivity contribution in [2.45, 2.75) is 13.0 Å². The van der Waals surface area contributed by atoms with Gasteiger partial charge in [0.25, 0.3) is 0 Å². The van der Waals surface area contributed by atoms with Gasteiger partial charge in [-0.1, -0.05) is 6.07 Å². The van der Waals surface area contributed by atoms with E-state index in [0.29, 0.717) is 12.2 Å². The highest BCUT2D eigenvalue weighted by molar-refractivity contribution is 5.93. The van der Waals surface area contributed by atoms with Crippen LogP contribution >= 0.6 is 0 Å². The second-order valence-corrected chi connectivity index (χ2v) is 4.23. The minimum absolute atomic E-state index is 0.0186. The zero-order valence-electron chi connectivity index (χ0n) is 13.1. The molecular formula is C15H18O10. The van der Waals surface area contributed by atoms with Crippen LogP contribution in [-0.2, 0) is 9.59 Å². The van der Waals surface area contributed by atoms with Gasteiger partial charge >= 0.3 is 23.9 Å². The second-order valence-electron chi connectivity index (χ2n) is 4.23. The van der Waals surface area contributed by atoms with Gasteiger partial charge in [0.05, 0.1) is 23.8 Å². The number of hydrogen-bond acceptors (Lipinski definition) is 6. The summed E-state index contributed by atoms with van der Waals surface area (Å²) < 4.78 is 0. The van der Waals surface area contributed by atoms with Gasteiger partial charge in [-0.2, -0.15) is 0 Å². The number of hydrogen-bond donors (Lipinski definition) is 6. The van der Waals surface area contributed by atoms with Gasteiger partial charge in [0.2, 0.25) is 0 Å². The molecule has 0 saturated carbocycles. The molecule has 0 spiro atoms. The third kappa shape index (κ3) is 15.4. The molecule has 1 atom stereocenters. The van der Waals surface area contributed by atoms with Crippen molar-refractivity contribution < 1.29 is 49.8 Å². The second kappa shape index (κ2) is 13.2. The third-order valence-electron chi connectivity index (χ3n) is 1.99. The van der Waals surface area contributed by atoms with Crippen LogP contribution in [0.2, 0.25) is 0 Å². The smallest absolute Gasteiger partial charge is 0.335 e. The van der Waals surface area contributed by atoms with E-state index in [1.807, 2.05) is 0 Å². The van der Waals surface area contributed by atoms with Gasteiger partial charge in [0.15, 0.2) is 0 Å². The van der Waals surface area contributed by atoms with Gasteiger partial charge in [-0.25, -0.2) is 19.2 Å². The number of aliphatic hydroxyl groups is 2. The largest absolute Gasteiger partial charge is 0.478 e. The van der Waals surface area contributed by atoms with Crippen LogP contribution in [0.5, 0.6) is 0 Å². The first kappa shape index (κ1) is 24.0. The molecule has 1 rings (SSSR count). The highest BCUT2D eigenvalue weighted by Gasteiger charge is 2.06. The first-order valence-corrected chi connectivity index (χ1v) is 6.50. The topological polar surface area (TPSA) is 190 Å². The van der Waals surface area contributed by atoms with E-state index in [-0.39, 0.29) is 17.7 Å². The number of carboxylic acids is 4. The van der Waals surface area contributed by atoms with Gasteiger partial charge in [-0.15, -0.1) is 0 Å². The van der Waals surface area contributed by atoms with Gasteiger partial charge in [-0.05, 0) is 25.1 Å². The lowest BCUT2D eigenvalue weighted by molar-refractivity contribution is -0.134. The van der Waals surface area contributed by atoms with E-state index in [9.17, 15) is 19.2 Å². The summed E-state index contributed by atoms with van der Waals surface area (Å²) in [6, 6.07) is 5.20. The zero-order chi connectivity index (χ0) is 20.0. The molecule has 6 N–H and O–H groups in total. The first-order chi connectivity index (χ1) is 11.5. The summed E-state index contributed by atoms with van der Waals surface area (Å²) >= 11 is 0. The maximum Gasteiger partial charge on any atom is 0.335 e. The standard InChI is InChI=1S/C8H6O4.C4H4O4.C3H8O2/c9-7(10)5-2-1-3-6(4-5)8(11)12;5-3(6)1-2-4(7)8;1-3(5)2-4/h1-4H,(H,9,10)(H,11,12);1-2H,(H,5,6)(H,7,8);3-5H,2H2,1H3/b;2-1+;. The van der Waals surface area contributed by atoms with Crippen molar-refractivity contribution in [3.05, 3.63) is 47.5 Å². The molecule has 0 bridgehead atoms. The Balaban J connectivity index is 0. The van der Waals surface area contributed by atoms with E-state index in [4.69, 9.17) is 30.6 Å². The normalized spacial score (nSPS) is 10.5. The quantitative estimate of drug-likeness (QED) is 0.395. The number of rotatable bonds is 5. The molecule has 0 aliphatic heterocycles. The van der Waals surface area contributed by atoms with Gasteiger partial charge in [0, 0.05) is 12.2 Å². The van der Waals surface area contributed by atoms with E-state index >= 15 is 0 Å². The molecule has 138 valence electrons. The summed E-state index contributed by atoms with van der Waals surface area (Å²) in [5, 5.41) is 48.6. The molecule has 0 heterocycles. The molecule has 1 aromatic carbocycles. The Morgan fingerprint density at radius 2 is 1.24 bits per heavy atom. The van der Waals surface area contributed by atoms with Crippen LogP contribution in [0, 0.1) is 0 Å². The Morgan fingerprint density at radius 1 is 0.920 bits per heavy atom. The van der Waals surface area contributed by atoms with Crippen LogP contribution < -0.4 is 0 Å². The number of aliphatic hydroxyl groups excluding tert-OH is 2. The fraction of sp³-hybridized carbons (Fsp3) is 0.200. The van der Waals surface area contributed by atoms with Crippen molar-refractivity contribution in [3.63, 3.8) is 0 Å². The van der Waals surface area contributed by atoms with Crippen LogP contribution in [-0.4, -0.2) is 67.2 Å². The van der Waals surface area contributed by atoms with E-state index in [1.54, 1.807) is 0 Å². The summed E-state index contributed by atoms with van der Waals surface area (Å²) in [5.74, 6) is -4.77. The Bertz CT molecular complexity index is 573. The van der Waals surface area contributed by atoms with Crippen molar-refractivity contribution in [3.8, 4) is 0 Å². The van der Waals surface area contributed by atoms with Gasteiger partial charge < -0.3 is 30.6 Å². The van der Waals surface area contributed by atoms with E-state index in [2.05, 4.69) is 0 Å². The molecular weight excluding hydrogens is 340 g/mol. The number of carboxylic acid groups (broad SMARTS) is 4. The molecule has 0 aliphatic rings. The Labute approximate surface area is 141 Å². The summed E-state index contributed by atoms with van der Waals surface area (Å²) in [4.78, 5) is 39.9. The molecule has 10 heteroatoms. The van der Waals surface area contributed by atoms with E-state index in [0.717, 1.165) is 6.07 Å². The summed E-state index contributed by atoms with van der Waals surface area (Å²) in [6.45, 7) is 1.39. The third-order valence-corrected chi connectivity index (χ3v) is 1.99. The number of aromatic carboxylic acids is 2. The molecule has 0 saturated heterocycles. The highest BCUT2D eigenvalue weighted by Crippen LogP contribution is 2.04. The molecule has 0 aliphatic carbocycles. The predicted molar refractivity (Wildman–Crippen MR) is 83.5 cm³/mol. The molecule has 1 aromatic rings. The monoisotopic (exact) mass is 358 g/mol. The highest BCUT2D eigenvalue weighted by atomic mass is 16.4. The fourth-order valence-electron chi connectivity index (χ4n) is 0.928. The lowest BCUT2D eigenvalue weighted by atomic mass is 10.1.